The van der Waals surface area contributed by atoms with Gasteiger partial charge in [0.25, 0.3) is 5.91 Å². The number of aryl methyl sites for hydroxylation is 2. The molecule has 0 atom stereocenters. The Bertz CT molecular complexity index is 1570. The van der Waals surface area contributed by atoms with Gasteiger partial charge >= 0.3 is 0 Å². The number of rotatable bonds is 7. The molecule has 0 aliphatic rings. The monoisotopic (exact) mass is 554 g/mol. The molecule has 1 amide bonds. The number of benzene rings is 3. The van der Waals surface area contributed by atoms with Crippen molar-refractivity contribution in [2.24, 2.45) is 0 Å². The van der Waals surface area contributed by atoms with Crippen molar-refractivity contribution in [2.45, 2.75) is 27.3 Å². The van der Waals surface area contributed by atoms with Crippen molar-refractivity contribution in [3.8, 4) is 17.0 Å². The van der Waals surface area contributed by atoms with E-state index in [1.54, 1.807) is 0 Å². The molecule has 0 aliphatic carbocycles. The van der Waals surface area contributed by atoms with Crippen LogP contribution in [0.15, 0.2) is 83.3 Å². The number of fused-ring (bicyclic) bond motifs is 1. The van der Waals surface area contributed by atoms with Crippen molar-refractivity contribution in [1.82, 2.24) is 14.8 Å². The Hall–Kier alpha value is -3.97. The van der Waals surface area contributed by atoms with Crippen LogP contribution in [0, 0.1) is 13.8 Å². The summed E-state index contributed by atoms with van der Waals surface area (Å²) in [7, 11) is 0. The van der Waals surface area contributed by atoms with Gasteiger partial charge in [0.15, 0.2) is 0 Å². The molecule has 0 saturated heterocycles. The van der Waals surface area contributed by atoms with Crippen molar-refractivity contribution in [3.63, 3.8) is 0 Å². The fraction of sp³-hybridized carbons (Fsp3) is 0.167. The van der Waals surface area contributed by atoms with Crippen LogP contribution in [0.2, 0.25) is 0 Å². The molecule has 0 aliphatic heterocycles. The number of amides is 1. The predicted octanol–water partition coefficient (Wildman–Crippen LogP) is 7.18. The molecule has 6 nitrogen and oxygen atoms in total. The number of hydrogen-bond donors (Lipinski definition) is 1. The van der Waals surface area contributed by atoms with E-state index in [2.05, 4.69) is 32.4 Å². The molecule has 0 saturated carbocycles. The van der Waals surface area contributed by atoms with Crippen LogP contribution in [-0.4, -0.2) is 27.3 Å². The standard InChI is InChI=1S/C30H27BrN4O2/c1-4-37-25-12-7-22(8-13-25)29-17-27(26-16-23(31)9-14-28(26)33-29)30(36)32-24-10-5-21(6-11-24)18-35-20(3)15-19(2)34-35/h5-17H,4,18H2,1-3H3,(H,32,36). The summed E-state index contributed by atoms with van der Waals surface area (Å²) in [5, 5.41) is 8.37. The predicted molar refractivity (Wildman–Crippen MR) is 151 cm³/mol. The number of carbonyl (C=O) groups excluding carboxylic acids is 1. The fourth-order valence-electron chi connectivity index (χ4n) is 4.32. The molecule has 1 N–H and O–H groups in total. The van der Waals surface area contributed by atoms with E-state index in [-0.39, 0.29) is 5.91 Å². The summed E-state index contributed by atoms with van der Waals surface area (Å²) >= 11 is 3.53. The third kappa shape index (κ3) is 5.57. The molecule has 7 heteroatoms. The van der Waals surface area contributed by atoms with Gasteiger partial charge < -0.3 is 10.1 Å². The average Bonchev–Trinajstić information content (AvgIpc) is 3.21. The van der Waals surface area contributed by atoms with Gasteiger partial charge in [-0.15, -0.1) is 0 Å². The van der Waals surface area contributed by atoms with Gasteiger partial charge in [-0.1, -0.05) is 28.1 Å². The maximum atomic E-state index is 13.5. The highest BCUT2D eigenvalue weighted by atomic mass is 79.9. The molecule has 0 bridgehead atoms. The number of hydrogen-bond acceptors (Lipinski definition) is 4. The van der Waals surface area contributed by atoms with E-state index in [0.717, 1.165) is 55.0 Å². The maximum Gasteiger partial charge on any atom is 0.256 e. The van der Waals surface area contributed by atoms with E-state index in [9.17, 15) is 4.79 Å². The van der Waals surface area contributed by atoms with Gasteiger partial charge in [-0.05, 0) is 93.1 Å². The summed E-state index contributed by atoms with van der Waals surface area (Å²) in [4.78, 5) is 18.3. The molecule has 0 fully saturated rings. The summed E-state index contributed by atoms with van der Waals surface area (Å²) < 4.78 is 8.43. The highest BCUT2D eigenvalue weighted by molar-refractivity contribution is 9.10. The summed E-state index contributed by atoms with van der Waals surface area (Å²) in [5.41, 5.74) is 6.90. The first-order valence-corrected chi connectivity index (χ1v) is 12.9. The third-order valence-electron chi connectivity index (χ3n) is 6.12. The number of carbonyl (C=O) groups is 1. The van der Waals surface area contributed by atoms with Crippen LogP contribution in [-0.2, 0) is 6.54 Å². The number of nitrogens with zero attached hydrogens (tertiary/aromatic N) is 3. The molecule has 186 valence electrons. The van der Waals surface area contributed by atoms with Gasteiger partial charge in [0.2, 0.25) is 0 Å². The Morgan fingerprint density at radius 3 is 2.41 bits per heavy atom. The molecule has 5 rings (SSSR count). The smallest absolute Gasteiger partial charge is 0.256 e. The van der Waals surface area contributed by atoms with E-state index >= 15 is 0 Å². The lowest BCUT2D eigenvalue weighted by Crippen LogP contribution is -2.13. The van der Waals surface area contributed by atoms with Crippen LogP contribution in [0.25, 0.3) is 22.2 Å². The Kier molecular flexibility index (Phi) is 7.06. The quantitative estimate of drug-likeness (QED) is 0.231. The number of halogens is 1. The number of pyridine rings is 1. The Morgan fingerprint density at radius 2 is 1.73 bits per heavy atom. The second kappa shape index (κ2) is 10.6. The largest absolute Gasteiger partial charge is 0.494 e. The van der Waals surface area contributed by atoms with Crippen molar-refractivity contribution < 1.29 is 9.53 Å². The van der Waals surface area contributed by atoms with Crippen LogP contribution in [0.4, 0.5) is 5.69 Å². The summed E-state index contributed by atoms with van der Waals surface area (Å²) in [6, 6.07) is 25.3. The van der Waals surface area contributed by atoms with Gasteiger partial charge in [0, 0.05) is 26.8 Å². The first kappa shape index (κ1) is 24.7. The van der Waals surface area contributed by atoms with Gasteiger partial charge in [-0.3, -0.25) is 9.48 Å². The maximum absolute atomic E-state index is 13.5. The number of aromatic nitrogens is 3. The lowest BCUT2D eigenvalue weighted by Gasteiger charge is -2.12. The van der Waals surface area contributed by atoms with Crippen LogP contribution in [0.5, 0.6) is 5.75 Å². The number of anilines is 1. The second-order valence-corrected chi connectivity index (χ2v) is 9.83. The van der Waals surface area contributed by atoms with Crippen molar-refractivity contribution >= 4 is 38.4 Å². The topological polar surface area (TPSA) is 69.0 Å². The molecule has 2 heterocycles. The Morgan fingerprint density at radius 1 is 0.973 bits per heavy atom. The second-order valence-electron chi connectivity index (χ2n) is 8.91. The third-order valence-corrected chi connectivity index (χ3v) is 6.62. The minimum atomic E-state index is -0.191. The Labute approximate surface area is 224 Å². The van der Waals surface area contributed by atoms with Crippen LogP contribution < -0.4 is 10.1 Å². The summed E-state index contributed by atoms with van der Waals surface area (Å²) in [5.74, 6) is 0.610. The molecule has 3 aromatic carbocycles. The van der Waals surface area contributed by atoms with Gasteiger partial charge in [0.05, 0.1) is 35.6 Å². The van der Waals surface area contributed by atoms with E-state index in [4.69, 9.17) is 9.72 Å². The lowest BCUT2D eigenvalue weighted by molar-refractivity contribution is 0.102. The molecule has 37 heavy (non-hydrogen) atoms. The van der Waals surface area contributed by atoms with E-state index < -0.39 is 0 Å². The zero-order valence-electron chi connectivity index (χ0n) is 21.0. The number of nitrogens with one attached hydrogen (secondary N) is 1. The van der Waals surface area contributed by atoms with Crippen LogP contribution in [0.1, 0.15) is 34.2 Å². The lowest BCUT2D eigenvalue weighted by atomic mass is 10.0. The number of ether oxygens (including phenoxy) is 1. The van der Waals surface area contributed by atoms with Crippen molar-refractivity contribution in [2.75, 3.05) is 11.9 Å². The van der Waals surface area contributed by atoms with Crippen molar-refractivity contribution in [1.29, 1.82) is 0 Å². The zero-order valence-corrected chi connectivity index (χ0v) is 22.5. The van der Waals surface area contributed by atoms with Gasteiger partial charge in [0.1, 0.15) is 5.75 Å². The molecular formula is C30H27BrN4O2. The minimum Gasteiger partial charge on any atom is -0.494 e. The van der Waals surface area contributed by atoms with Crippen LogP contribution in [0.3, 0.4) is 0 Å². The SMILES string of the molecule is CCOc1ccc(-c2cc(C(=O)Nc3ccc(Cn4nc(C)cc4C)cc3)c3cc(Br)ccc3n2)cc1. The normalized spacial score (nSPS) is 11.0. The van der Waals surface area contributed by atoms with Gasteiger partial charge in [-0.2, -0.15) is 5.10 Å². The highest BCUT2D eigenvalue weighted by Crippen LogP contribution is 2.29. The van der Waals surface area contributed by atoms with E-state index in [1.165, 1.54) is 0 Å². The first-order valence-electron chi connectivity index (χ1n) is 12.1. The molecule has 5 aromatic rings. The molecular weight excluding hydrogens is 528 g/mol. The highest BCUT2D eigenvalue weighted by Gasteiger charge is 2.15. The molecule has 2 aromatic heterocycles. The fourth-order valence-corrected chi connectivity index (χ4v) is 4.68. The summed E-state index contributed by atoms with van der Waals surface area (Å²) in [6.45, 7) is 7.29. The Balaban J connectivity index is 1.42. The van der Waals surface area contributed by atoms with Crippen LogP contribution >= 0.6 is 15.9 Å². The van der Waals surface area contributed by atoms with E-state index in [0.29, 0.717) is 18.7 Å². The molecule has 0 spiro atoms. The van der Waals surface area contributed by atoms with E-state index in [1.807, 2.05) is 98.2 Å². The summed E-state index contributed by atoms with van der Waals surface area (Å²) in [6.07, 6.45) is 0. The van der Waals surface area contributed by atoms with Gasteiger partial charge in [-0.25, -0.2) is 4.98 Å². The molecule has 0 radical (unpaired) electrons. The average molecular weight is 555 g/mol. The molecule has 0 unspecified atom stereocenters. The minimum absolute atomic E-state index is 0.191. The first-order chi connectivity index (χ1) is 17.9. The zero-order chi connectivity index (χ0) is 25.9. The van der Waals surface area contributed by atoms with Crippen molar-refractivity contribution in [3.05, 3.63) is 106 Å².